The molecule has 1 heterocycles. The Labute approximate surface area is 128 Å². The highest BCUT2D eigenvalue weighted by molar-refractivity contribution is 5.64. The highest BCUT2D eigenvalue weighted by Gasteiger charge is 2.41. The first-order valence-electron chi connectivity index (χ1n) is 7.22. The summed E-state index contributed by atoms with van der Waals surface area (Å²) in [5.74, 6) is 1.74. The number of nitrogens with zero attached hydrogens (tertiary/aromatic N) is 1. The van der Waals surface area contributed by atoms with Crippen LogP contribution in [0.3, 0.4) is 0 Å². The molecule has 2 aliphatic carbocycles. The number of hydrogen-bond donors (Lipinski definition) is 2. The van der Waals surface area contributed by atoms with Crippen LogP contribution in [0, 0.1) is 0 Å². The Hall–Kier alpha value is -2.56. The van der Waals surface area contributed by atoms with Gasteiger partial charge in [0.15, 0.2) is 0 Å². The number of methoxy groups -OCH3 is 2. The second-order valence-electron chi connectivity index (χ2n) is 5.68. The van der Waals surface area contributed by atoms with E-state index in [2.05, 4.69) is 12.2 Å². The Bertz CT molecular complexity index is 755. The molecule has 1 aromatic carbocycles. The van der Waals surface area contributed by atoms with Gasteiger partial charge >= 0.3 is 0 Å². The van der Waals surface area contributed by atoms with Gasteiger partial charge in [-0.15, -0.1) is 0 Å². The molecule has 0 saturated heterocycles. The summed E-state index contributed by atoms with van der Waals surface area (Å²) >= 11 is 0. The molecule has 22 heavy (non-hydrogen) atoms. The summed E-state index contributed by atoms with van der Waals surface area (Å²) < 4.78 is 12.0. The first-order valence-corrected chi connectivity index (χ1v) is 7.22. The Morgan fingerprint density at radius 2 is 1.64 bits per heavy atom. The average Bonchev–Trinajstić information content (AvgIpc) is 3.21. The predicted molar refractivity (Wildman–Crippen MR) is 81.4 cm³/mol. The maximum absolute atomic E-state index is 10.6. The number of aromatic nitrogens is 1. The highest BCUT2D eigenvalue weighted by atomic mass is 16.5. The van der Waals surface area contributed by atoms with Crippen molar-refractivity contribution in [3.05, 3.63) is 41.5 Å². The van der Waals surface area contributed by atoms with E-state index in [1.165, 1.54) is 4.57 Å². The fourth-order valence-electron chi connectivity index (χ4n) is 3.64. The molecule has 0 fully saturated rings. The van der Waals surface area contributed by atoms with E-state index in [9.17, 15) is 10.2 Å². The Morgan fingerprint density at radius 3 is 2.18 bits per heavy atom. The molecular formula is C17H17NO4. The van der Waals surface area contributed by atoms with Crippen molar-refractivity contribution in [2.24, 2.45) is 0 Å². The zero-order valence-electron chi connectivity index (χ0n) is 12.4. The van der Waals surface area contributed by atoms with Crippen molar-refractivity contribution in [1.82, 2.24) is 4.57 Å². The summed E-state index contributed by atoms with van der Waals surface area (Å²) in [6, 6.07) is 5.27. The lowest BCUT2D eigenvalue weighted by atomic mass is 10.0. The fourth-order valence-corrected chi connectivity index (χ4v) is 3.64. The van der Waals surface area contributed by atoms with Crippen LogP contribution in [-0.4, -0.2) is 29.0 Å². The third-order valence-corrected chi connectivity index (χ3v) is 4.65. The number of ether oxygens (including phenoxy) is 2. The van der Waals surface area contributed by atoms with Crippen molar-refractivity contribution in [3.8, 4) is 28.9 Å². The van der Waals surface area contributed by atoms with Crippen LogP contribution in [-0.2, 0) is 0 Å². The van der Waals surface area contributed by atoms with Gasteiger partial charge in [-0.1, -0.05) is 12.2 Å². The number of rotatable bonds is 3. The maximum atomic E-state index is 10.6. The van der Waals surface area contributed by atoms with Gasteiger partial charge in [-0.3, -0.25) is 0 Å². The predicted octanol–water partition coefficient (Wildman–Crippen LogP) is 3.05. The van der Waals surface area contributed by atoms with E-state index in [4.69, 9.17) is 9.47 Å². The maximum Gasteiger partial charge on any atom is 0.202 e. The van der Waals surface area contributed by atoms with Gasteiger partial charge in [0, 0.05) is 29.0 Å². The number of hydrogen-bond acceptors (Lipinski definition) is 4. The molecule has 2 atom stereocenters. The molecule has 5 heteroatoms. The molecule has 114 valence electrons. The van der Waals surface area contributed by atoms with Crippen LogP contribution in [0.1, 0.15) is 29.4 Å². The second kappa shape index (κ2) is 4.47. The third kappa shape index (κ3) is 1.53. The van der Waals surface area contributed by atoms with Gasteiger partial charge in [0.05, 0.1) is 19.9 Å². The monoisotopic (exact) mass is 299 g/mol. The zero-order chi connectivity index (χ0) is 15.4. The molecule has 1 aromatic heterocycles. The minimum atomic E-state index is 0.0906. The molecule has 2 aliphatic rings. The second-order valence-corrected chi connectivity index (χ2v) is 5.68. The molecule has 2 bridgehead atoms. The lowest BCUT2D eigenvalue weighted by Gasteiger charge is -2.14. The van der Waals surface area contributed by atoms with E-state index in [0.717, 1.165) is 17.5 Å². The molecule has 0 amide bonds. The van der Waals surface area contributed by atoms with Crippen LogP contribution in [0.25, 0.3) is 5.69 Å². The van der Waals surface area contributed by atoms with Crippen molar-refractivity contribution in [2.45, 2.75) is 18.3 Å². The van der Waals surface area contributed by atoms with Gasteiger partial charge in [-0.05, 0) is 18.6 Å². The van der Waals surface area contributed by atoms with E-state index in [-0.39, 0.29) is 23.6 Å². The van der Waals surface area contributed by atoms with Crippen LogP contribution in [0.4, 0.5) is 0 Å². The Balaban J connectivity index is 1.92. The van der Waals surface area contributed by atoms with Crippen LogP contribution in [0.15, 0.2) is 30.4 Å². The van der Waals surface area contributed by atoms with Crippen molar-refractivity contribution in [2.75, 3.05) is 14.2 Å². The number of fused-ring (bicyclic) bond motifs is 5. The standard InChI is InChI=1S/C17H17NO4/c1-21-11-5-6-12(13(8-11)22-2)18-16(19)14-9-3-4-10(7-9)15(14)17(18)20/h3-6,8-10,19-20H,7H2,1-2H3. The molecule has 2 unspecified atom stereocenters. The molecule has 2 N–H and O–H groups in total. The third-order valence-electron chi connectivity index (χ3n) is 4.65. The number of aromatic hydroxyl groups is 2. The molecule has 0 aliphatic heterocycles. The molecule has 4 rings (SSSR count). The lowest BCUT2D eigenvalue weighted by molar-refractivity contribution is 0.376. The Morgan fingerprint density at radius 1 is 1.00 bits per heavy atom. The van der Waals surface area contributed by atoms with Crippen molar-refractivity contribution in [1.29, 1.82) is 0 Å². The average molecular weight is 299 g/mol. The van der Waals surface area contributed by atoms with Crippen LogP contribution in [0.5, 0.6) is 23.3 Å². The molecular weight excluding hydrogens is 282 g/mol. The zero-order valence-corrected chi connectivity index (χ0v) is 12.4. The normalized spacial score (nSPS) is 21.2. The van der Waals surface area contributed by atoms with Gasteiger partial charge in [0.25, 0.3) is 0 Å². The summed E-state index contributed by atoms with van der Waals surface area (Å²) in [6.07, 6.45) is 5.13. The van der Waals surface area contributed by atoms with E-state index in [1.54, 1.807) is 32.4 Å². The van der Waals surface area contributed by atoms with Crippen LogP contribution < -0.4 is 9.47 Å². The highest BCUT2D eigenvalue weighted by Crippen LogP contribution is 2.57. The summed E-state index contributed by atoms with van der Waals surface area (Å²) in [6.45, 7) is 0. The minimum absolute atomic E-state index is 0.0906. The van der Waals surface area contributed by atoms with E-state index < -0.39 is 0 Å². The largest absolute Gasteiger partial charge is 0.497 e. The molecule has 2 aromatic rings. The van der Waals surface area contributed by atoms with E-state index in [0.29, 0.717) is 17.2 Å². The van der Waals surface area contributed by atoms with Crippen LogP contribution in [0.2, 0.25) is 0 Å². The van der Waals surface area contributed by atoms with E-state index >= 15 is 0 Å². The first-order chi connectivity index (χ1) is 10.7. The van der Waals surface area contributed by atoms with Gasteiger partial charge in [-0.2, -0.15) is 0 Å². The summed E-state index contributed by atoms with van der Waals surface area (Å²) in [5, 5.41) is 21.3. The molecule has 0 radical (unpaired) electrons. The first kappa shape index (κ1) is 13.1. The van der Waals surface area contributed by atoms with Crippen molar-refractivity contribution < 1.29 is 19.7 Å². The van der Waals surface area contributed by atoms with Crippen LogP contribution >= 0.6 is 0 Å². The van der Waals surface area contributed by atoms with Crippen molar-refractivity contribution >= 4 is 0 Å². The smallest absolute Gasteiger partial charge is 0.202 e. The molecule has 0 saturated carbocycles. The molecule has 5 nitrogen and oxygen atoms in total. The number of allylic oxidation sites excluding steroid dienone is 2. The van der Waals surface area contributed by atoms with Gasteiger partial charge < -0.3 is 19.7 Å². The quantitative estimate of drug-likeness (QED) is 0.855. The summed E-state index contributed by atoms with van der Waals surface area (Å²) in [5.41, 5.74) is 2.26. The summed E-state index contributed by atoms with van der Waals surface area (Å²) in [7, 11) is 3.13. The lowest BCUT2D eigenvalue weighted by Crippen LogP contribution is -1.99. The number of benzene rings is 1. The Kier molecular flexibility index (Phi) is 2.66. The summed E-state index contributed by atoms with van der Waals surface area (Å²) in [4.78, 5) is 0. The van der Waals surface area contributed by atoms with Gasteiger partial charge in [-0.25, -0.2) is 4.57 Å². The van der Waals surface area contributed by atoms with Crippen molar-refractivity contribution in [3.63, 3.8) is 0 Å². The SMILES string of the molecule is COc1ccc(-n2c(O)c3c(c2O)C2C=CC3C2)c(OC)c1. The molecule has 0 spiro atoms. The van der Waals surface area contributed by atoms with E-state index in [1.807, 2.05) is 0 Å². The minimum Gasteiger partial charge on any atom is -0.497 e. The fraction of sp³-hybridized carbons (Fsp3) is 0.294. The van der Waals surface area contributed by atoms with Gasteiger partial charge in [0.2, 0.25) is 11.8 Å². The van der Waals surface area contributed by atoms with Gasteiger partial charge in [0.1, 0.15) is 11.5 Å². The topological polar surface area (TPSA) is 63.9 Å².